The number of amides is 2. The number of nitrogens with one attached hydrogen (secondary N) is 2. The number of nitrogens with zero attached hydrogens (tertiary/aromatic N) is 1. The minimum Gasteiger partial charge on any atom is -0.497 e. The molecule has 0 aliphatic heterocycles. The molecule has 6 heteroatoms. The third-order valence-corrected chi connectivity index (χ3v) is 2.99. The van der Waals surface area contributed by atoms with Gasteiger partial charge in [-0.3, -0.25) is 9.59 Å². The molecule has 0 radical (unpaired) electrons. The molecule has 2 N–H and O–H groups in total. The molecule has 0 bridgehead atoms. The van der Waals surface area contributed by atoms with E-state index >= 15 is 0 Å². The number of benzene rings is 2. The van der Waals surface area contributed by atoms with Crippen LogP contribution in [0, 0.1) is 6.92 Å². The summed E-state index contributed by atoms with van der Waals surface area (Å²) in [5.74, 6) is -1.07. The van der Waals surface area contributed by atoms with Gasteiger partial charge in [-0.25, -0.2) is 5.43 Å². The van der Waals surface area contributed by atoms with Crippen LogP contribution in [0.3, 0.4) is 0 Å². The van der Waals surface area contributed by atoms with Crippen LogP contribution in [0.4, 0.5) is 5.69 Å². The van der Waals surface area contributed by atoms with Crippen LogP contribution in [-0.4, -0.2) is 25.1 Å². The second-order valence-electron chi connectivity index (χ2n) is 4.80. The number of carbonyl (C=O) groups is 2. The minimum atomic E-state index is -0.851. The number of anilines is 1. The standard InChI is InChI=1S/C17H17N3O3/c1-12-6-8-13(9-7-12)11-18-20-17(22)16(21)19-14-4-3-5-15(10-14)23-2/h3-11H,1-2H3,(H,19,21)(H,20,22)/b18-11-. The van der Waals surface area contributed by atoms with Gasteiger partial charge in [0.05, 0.1) is 13.3 Å². The summed E-state index contributed by atoms with van der Waals surface area (Å²) in [5, 5.41) is 6.23. The highest BCUT2D eigenvalue weighted by Gasteiger charge is 2.12. The number of methoxy groups -OCH3 is 1. The van der Waals surface area contributed by atoms with Crippen molar-refractivity contribution >= 4 is 23.7 Å². The van der Waals surface area contributed by atoms with E-state index in [1.807, 2.05) is 31.2 Å². The van der Waals surface area contributed by atoms with E-state index in [0.29, 0.717) is 11.4 Å². The molecule has 0 unspecified atom stereocenters. The third-order valence-electron chi connectivity index (χ3n) is 2.99. The quantitative estimate of drug-likeness (QED) is 0.515. The van der Waals surface area contributed by atoms with E-state index in [-0.39, 0.29) is 0 Å². The van der Waals surface area contributed by atoms with Crippen LogP contribution < -0.4 is 15.5 Å². The van der Waals surface area contributed by atoms with E-state index in [9.17, 15) is 9.59 Å². The first kappa shape index (κ1) is 16.2. The maximum atomic E-state index is 11.8. The second-order valence-corrected chi connectivity index (χ2v) is 4.80. The van der Waals surface area contributed by atoms with Gasteiger partial charge in [-0.15, -0.1) is 0 Å². The van der Waals surface area contributed by atoms with Crippen LogP contribution in [-0.2, 0) is 9.59 Å². The lowest BCUT2D eigenvalue weighted by Gasteiger charge is -2.05. The topological polar surface area (TPSA) is 79.8 Å². The first-order valence-corrected chi connectivity index (χ1v) is 6.93. The molecule has 0 aliphatic carbocycles. The summed E-state index contributed by atoms with van der Waals surface area (Å²) >= 11 is 0. The smallest absolute Gasteiger partial charge is 0.329 e. The highest BCUT2D eigenvalue weighted by molar-refractivity contribution is 6.39. The van der Waals surface area contributed by atoms with Crippen LogP contribution in [0.15, 0.2) is 53.6 Å². The van der Waals surface area contributed by atoms with Crippen LogP contribution in [0.1, 0.15) is 11.1 Å². The Kier molecular flexibility index (Phi) is 5.46. The Morgan fingerprint density at radius 1 is 1.09 bits per heavy atom. The van der Waals surface area contributed by atoms with E-state index in [4.69, 9.17) is 4.74 Å². The molecular weight excluding hydrogens is 294 g/mol. The molecule has 0 saturated carbocycles. The average Bonchev–Trinajstić information content (AvgIpc) is 2.56. The number of carbonyl (C=O) groups excluding carboxylic acids is 2. The number of hydrogen-bond donors (Lipinski definition) is 2. The lowest BCUT2D eigenvalue weighted by atomic mass is 10.2. The van der Waals surface area contributed by atoms with Gasteiger partial charge in [0.2, 0.25) is 0 Å². The number of hydrazone groups is 1. The van der Waals surface area contributed by atoms with Crippen molar-refractivity contribution in [2.24, 2.45) is 5.10 Å². The van der Waals surface area contributed by atoms with Gasteiger partial charge in [-0.1, -0.05) is 35.9 Å². The van der Waals surface area contributed by atoms with Gasteiger partial charge in [0.25, 0.3) is 0 Å². The number of rotatable bonds is 4. The second kappa shape index (κ2) is 7.74. The summed E-state index contributed by atoms with van der Waals surface area (Å²) in [6, 6.07) is 14.3. The molecule has 2 aromatic rings. The molecule has 0 atom stereocenters. The Balaban J connectivity index is 1.89. The number of hydrogen-bond acceptors (Lipinski definition) is 4. The summed E-state index contributed by atoms with van der Waals surface area (Å²) < 4.78 is 5.04. The average molecular weight is 311 g/mol. The van der Waals surface area contributed by atoms with E-state index in [1.54, 1.807) is 24.3 Å². The molecule has 0 fully saturated rings. The molecule has 6 nitrogen and oxygen atoms in total. The maximum absolute atomic E-state index is 11.8. The fraction of sp³-hybridized carbons (Fsp3) is 0.118. The zero-order valence-corrected chi connectivity index (χ0v) is 12.9. The highest BCUT2D eigenvalue weighted by atomic mass is 16.5. The van der Waals surface area contributed by atoms with Gasteiger partial charge in [0.1, 0.15) is 5.75 Å². The minimum absolute atomic E-state index is 0.465. The fourth-order valence-corrected chi connectivity index (χ4v) is 1.76. The van der Waals surface area contributed by atoms with Crippen LogP contribution in [0.25, 0.3) is 0 Å². The van der Waals surface area contributed by atoms with Crippen molar-refractivity contribution in [2.45, 2.75) is 6.92 Å². The molecule has 23 heavy (non-hydrogen) atoms. The predicted molar refractivity (Wildman–Crippen MR) is 88.5 cm³/mol. The summed E-state index contributed by atoms with van der Waals surface area (Å²) in [7, 11) is 1.52. The molecular formula is C17H17N3O3. The Bertz CT molecular complexity index is 724. The Morgan fingerprint density at radius 2 is 1.83 bits per heavy atom. The van der Waals surface area contributed by atoms with Crippen LogP contribution in [0.2, 0.25) is 0 Å². The number of ether oxygens (including phenoxy) is 1. The van der Waals surface area contributed by atoms with Gasteiger partial charge in [-0.2, -0.15) is 5.10 Å². The van der Waals surface area contributed by atoms with Crippen molar-refractivity contribution < 1.29 is 14.3 Å². The lowest BCUT2D eigenvalue weighted by Crippen LogP contribution is -2.32. The fourth-order valence-electron chi connectivity index (χ4n) is 1.76. The van der Waals surface area contributed by atoms with Gasteiger partial charge in [0.15, 0.2) is 0 Å². The molecule has 118 valence electrons. The summed E-state index contributed by atoms with van der Waals surface area (Å²) in [6.07, 6.45) is 1.47. The van der Waals surface area contributed by atoms with Crippen molar-refractivity contribution in [2.75, 3.05) is 12.4 Å². The monoisotopic (exact) mass is 311 g/mol. The largest absolute Gasteiger partial charge is 0.497 e. The molecule has 0 aromatic heterocycles. The van der Waals surface area contributed by atoms with Crippen LogP contribution >= 0.6 is 0 Å². The zero-order chi connectivity index (χ0) is 16.7. The normalized spacial score (nSPS) is 10.3. The predicted octanol–water partition coefficient (Wildman–Crippen LogP) is 2.09. The van der Waals surface area contributed by atoms with Crippen LogP contribution in [0.5, 0.6) is 5.75 Å². The van der Waals surface area contributed by atoms with Crippen molar-refractivity contribution in [1.82, 2.24) is 5.43 Å². The molecule has 2 aromatic carbocycles. The van der Waals surface area contributed by atoms with Gasteiger partial charge >= 0.3 is 11.8 Å². The molecule has 0 heterocycles. The molecule has 0 spiro atoms. The summed E-state index contributed by atoms with van der Waals surface area (Å²) in [6.45, 7) is 1.98. The van der Waals surface area contributed by atoms with Gasteiger partial charge < -0.3 is 10.1 Å². The lowest BCUT2D eigenvalue weighted by molar-refractivity contribution is -0.136. The SMILES string of the molecule is COc1cccc(NC(=O)C(=O)N/N=C\c2ccc(C)cc2)c1. The Hall–Kier alpha value is -3.15. The number of aryl methyl sites for hydroxylation is 1. The van der Waals surface area contributed by atoms with Gasteiger partial charge in [0, 0.05) is 11.8 Å². The van der Waals surface area contributed by atoms with E-state index < -0.39 is 11.8 Å². The highest BCUT2D eigenvalue weighted by Crippen LogP contribution is 2.16. The summed E-state index contributed by atoms with van der Waals surface area (Å²) in [4.78, 5) is 23.4. The van der Waals surface area contributed by atoms with Crippen molar-refractivity contribution in [3.05, 3.63) is 59.7 Å². The Labute approximate surface area is 134 Å². The molecule has 2 amide bonds. The molecule has 2 rings (SSSR count). The molecule has 0 aliphatic rings. The van der Waals surface area contributed by atoms with Crippen molar-refractivity contribution in [1.29, 1.82) is 0 Å². The zero-order valence-electron chi connectivity index (χ0n) is 12.9. The van der Waals surface area contributed by atoms with Crippen molar-refractivity contribution in [3.63, 3.8) is 0 Å². The van der Waals surface area contributed by atoms with E-state index in [1.165, 1.54) is 13.3 Å². The molecule has 0 saturated heterocycles. The first-order chi connectivity index (χ1) is 11.1. The van der Waals surface area contributed by atoms with Crippen molar-refractivity contribution in [3.8, 4) is 5.75 Å². The first-order valence-electron chi connectivity index (χ1n) is 6.93. The van der Waals surface area contributed by atoms with E-state index in [0.717, 1.165) is 11.1 Å². The van der Waals surface area contributed by atoms with Gasteiger partial charge in [-0.05, 0) is 24.6 Å². The summed E-state index contributed by atoms with van der Waals surface area (Å²) in [5.41, 5.74) is 4.60. The Morgan fingerprint density at radius 3 is 2.52 bits per heavy atom. The third kappa shape index (κ3) is 4.96. The maximum Gasteiger partial charge on any atom is 0.329 e. The van der Waals surface area contributed by atoms with E-state index in [2.05, 4.69) is 15.8 Å².